The van der Waals surface area contributed by atoms with Crippen LogP contribution >= 0.6 is 35.6 Å². The second kappa shape index (κ2) is 9.19. The van der Waals surface area contributed by atoms with Gasteiger partial charge < -0.3 is 9.80 Å². The number of halogens is 1. The number of carbonyl (C=O) groups is 2. The summed E-state index contributed by atoms with van der Waals surface area (Å²) in [6, 6.07) is 7.31. The summed E-state index contributed by atoms with van der Waals surface area (Å²) in [6.07, 6.45) is 2.88. The van der Waals surface area contributed by atoms with E-state index in [0.717, 1.165) is 31.7 Å². The molecule has 2 aliphatic rings. The molecule has 27 heavy (non-hydrogen) atoms. The van der Waals surface area contributed by atoms with Crippen molar-refractivity contribution < 1.29 is 9.59 Å². The molecule has 0 spiro atoms. The van der Waals surface area contributed by atoms with Crippen LogP contribution in [0.1, 0.15) is 18.4 Å². The summed E-state index contributed by atoms with van der Waals surface area (Å²) in [5, 5.41) is 0.657. The number of carbonyl (C=O) groups excluding carboxylic acids is 2. The minimum absolute atomic E-state index is 0.0907. The van der Waals surface area contributed by atoms with Crippen LogP contribution in [0.25, 0.3) is 6.08 Å². The molecule has 1 aromatic rings. The average molecular weight is 424 g/mol. The zero-order chi connectivity index (χ0) is 19.4. The van der Waals surface area contributed by atoms with Gasteiger partial charge in [-0.05, 0) is 37.2 Å². The van der Waals surface area contributed by atoms with Gasteiger partial charge in [-0.3, -0.25) is 14.5 Å². The molecule has 5 nitrogen and oxygen atoms in total. The second-order valence-corrected chi connectivity index (χ2v) is 8.78. The fourth-order valence-corrected chi connectivity index (χ4v) is 4.44. The Morgan fingerprint density at radius 3 is 2.56 bits per heavy atom. The molecule has 2 heterocycles. The average Bonchev–Trinajstić information content (AvgIpc) is 2.91. The van der Waals surface area contributed by atoms with Crippen LogP contribution in [-0.2, 0) is 9.59 Å². The summed E-state index contributed by atoms with van der Waals surface area (Å²) in [4.78, 5) is 31.3. The molecule has 2 saturated heterocycles. The summed E-state index contributed by atoms with van der Waals surface area (Å²) in [5.41, 5.74) is 0.908. The van der Waals surface area contributed by atoms with Gasteiger partial charge in [0, 0.05) is 44.2 Å². The van der Waals surface area contributed by atoms with E-state index >= 15 is 0 Å². The van der Waals surface area contributed by atoms with Crippen LogP contribution in [0.5, 0.6) is 0 Å². The molecular weight excluding hydrogens is 402 g/mol. The molecule has 0 N–H and O–H groups in total. The van der Waals surface area contributed by atoms with Crippen LogP contribution in [0, 0.1) is 0 Å². The standard InChI is InChI=1S/C19H22ClN3O2S2/c1-21-9-11-22(12-10-21)17(24)3-2-8-23-18(25)16(27-19(23)26)13-14-4-6-15(20)7-5-14/h4-7,13H,2-3,8-12H2,1H3/b16-13+. The largest absolute Gasteiger partial charge is 0.340 e. The molecule has 0 aromatic heterocycles. The smallest absolute Gasteiger partial charge is 0.266 e. The van der Waals surface area contributed by atoms with E-state index in [0.29, 0.717) is 33.6 Å². The Kier molecular flexibility index (Phi) is 6.92. The highest BCUT2D eigenvalue weighted by Gasteiger charge is 2.31. The summed E-state index contributed by atoms with van der Waals surface area (Å²) >= 11 is 12.6. The Bertz CT molecular complexity index is 759. The third kappa shape index (κ3) is 5.31. The molecule has 0 atom stereocenters. The topological polar surface area (TPSA) is 43.9 Å². The number of nitrogens with zero attached hydrogens (tertiary/aromatic N) is 3. The van der Waals surface area contributed by atoms with Gasteiger partial charge in [0.25, 0.3) is 5.91 Å². The fourth-order valence-electron chi connectivity index (χ4n) is 3.01. The summed E-state index contributed by atoms with van der Waals surface area (Å²) in [6.45, 7) is 3.86. The van der Waals surface area contributed by atoms with Crippen molar-refractivity contribution in [3.63, 3.8) is 0 Å². The lowest BCUT2D eigenvalue weighted by Gasteiger charge is -2.32. The number of hydrogen-bond acceptors (Lipinski definition) is 5. The predicted octanol–water partition coefficient (Wildman–Crippen LogP) is 3.10. The predicted molar refractivity (Wildman–Crippen MR) is 115 cm³/mol. The van der Waals surface area contributed by atoms with Gasteiger partial charge in [0.2, 0.25) is 5.91 Å². The van der Waals surface area contributed by atoms with Gasteiger partial charge in [0.05, 0.1) is 4.91 Å². The Balaban J connectivity index is 1.52. The van der Waals surface area contributed by atoms with Crippen LogP contribution in [0.2, 0.25) is 5.02 Å². The zero-order valence-electron chi connectivity index (χ0n) is 15.2. The number of hydrogen-bond donors (Lipinski definition) is 0. The molecule has 0 radical (unpaired) electrons. The fraction of sp³-hybridized carbons (Fsp3) is 0.421. The van der Waals surface area contributed by atoms with Crippen molar-refractivity contribution in [3.05, 3.63) is 39.8 Å². The van der Waals surface area contributed by atoms with Crippen molar-refractivity contribution in [3.8, 4) is 0 Å². The van der Waals surface area contributed by atoms with Crippen LogP contribution in [0.4, 0.5) is 0 Å². The molecule has 2 amide bonds. The molecule has 0 aliphatic carbocycles. The quantitative estimate of drug-likeness (QED) is 0.537. The van der Waals surface area contributed by atoms with Gasteiger partial charge >= 0.3 is 0 Å². The maximum Gasteiger partial charge on any atom is 0.266 e. The van der Waals surface area contributed by atoms with Gasteiger partial charge in [-0.2, -0.15) is 0 Å². The van der Waals surface area contributed by atoms with Crippen LogP contribution in [0.3, 0.4) is 0 Å². The van der Waals surface area contributed by atoms with E-state index in [1.807, 2.05) is 23.1 Å². The van der Waals surface area contributed by atoms with Crippen molar-refractivity contribution >= 4 is 57.8 Å². The second-order valence-electron chi connectivity index (χ2n) is 6.67. The first-order chi connectivity index (χ1) is 12.9. The number of thioether (sulfide) groups is 1. The summed E-state index contributed by atoms with van der Waals surface area (Å²) in [7, 11) is 2.06. The molecule has 2 aliphatic heterocycles. The minimum Gasteiger partial charge on any atom is -0.340 e. The normalized spacial score (nSPS) is 20.0. The Labute approximate surface area is 174 Å². The Hall–Kier alpha value is -1.41. The highest BCUT2D eigenvalue weighted by molar-refractivity contribution is 8.26. The number of rotatable bonds is 5. The van der Waals surface area contributed by atoms with E-state index in [-0.39, 0.29) is 11.8 Å². The van der Waals surface area contributed by atoms with E-state index in [1.54, 1.807) is 17.0 Å². The van der Waals surface area contributed by atoms with Crippen molar-refractivity contribution in [1.82, 2.24) is 14.7 Å². The van der Waals surface area contributed by atoms with Crippen molar-refractivity contribution in [2.45, 2.75) is 12.8 Å². The van der Waals surface area contributed by atoms with E-state index in [2.05, 4.69) is 11.9 Å². The van der Waals surface area contributed by atoms with E-state index in [9.17, 15) is 9.59 Å². The SMILES string of the molecule is CN1CCN(C(=O)CCCN2C(=O)/C(=C\c3ccc(Cl)cc3)SC2=S)CC1. The monoisotopic (exact) mass is 423 g/mol. The Morgan fingerprint density at radius 2 is 1.89 bits per heavy atom. The van der Waals surface area contributed by atoms with Gasteiger partial charge in [0.15, 0.2) is 0 Å². The molecule has 8 heteroatoms. The van der Waals surface area contributed by atoms with E-state index < -0.39 is 0 Å². The first kappa shape index (κ1) is 20.3. The molecule has 0 unspecified atom stereocenters. The first-order valence-electron chi connectivity index (χ1n) is 8.91. The van der Waals surface area contributed by atoms with Gasteiger partial charge in [-0.1, -0.05) is 47.7 Å². The highest BCUT2D eigenvalue weighted by atomic mass is 35.5. The van der Waals surface area contributed by atoms with E-state index in [1.165, 1.54) is 11.8 Å². The lowest BCUT2D eigenvalue weighted by molar-refractivity contribution is -0.133. The molecule has 0 saturated carbocycles. The summed E-state index contributed by atoms with van der Waals surface area (Å²) in [5.74, 6) is 0.0669. The number of thiocarbonyl (C=S) groups is 1. The number of piperazine rings is 1. The zero-order valence-corrected chi connectivity index (χ0v) is 17.6. The molecule has 3 rings (SSSR count). The van der Waals surface area contributed by atoms with Crippen LogP contribution in [-0.4, -0.2) is 70.6 Å². The lowest BCUT2D eigenvalue weighted by atomic mass is 10.2. The molecule has 144 valence electrons. The van der Waals surface area contributed by atoms with Crippen molar-refractivity contribution in [1.29, 1.82) is 0 Å². The van der Waals surface area contributed by atoms with Crippen molar-refractivity contribution in [2.24, 2.45) is 0 Å². The maximum atomic E-state index is 12.6. The number of likely N-dealkylation sites (N-methyl/N-ethyl adjacent to an activating group) is 1. The lowest BCUT2D eigenvalue weighted by Crippen LogP contribution is -2.47. The third-order valence-corrected chi connectivity index (χ3v) is 6.30. The van der Waals surface area contributed by atoms with Gasteiger partial charge in [-0.25, -0.2) is 0 Å². The Morgan fingerprint density at radius 1 is 1.22 bits per heavy atom. The number of amides is 2. The highest BCUT2D eigenvalue weighted by Crippen LogP contribution is 2.32. The first-order valence-corrected chi connectivity index (χ1v) is 10.5. The molecule has 1 aromatic carbocycles. The maximum absolute atomic E-state index is 12.6. The minimum atomic E-state index is -0.0907. The van der Waals surface area contributed by atoms with Crippen molar-refractivity contribution in [2.75, 3.05) is 39.8 Å². The molecule has 2 fully saturated rings. The van der Waals surface area contributed by atoms with Crippen LogP contribution in [0.15, 0.2) is 29.2 Å². The third-order valence-electron chi connectivity index (χ3n) is 4.67. The number of benzene rings is 1. The molecule has 0 bridgehead atoms. The van der Waals surface area contributed by atoms with Gasteiger partial charge in [0.1, 0.15) is 4.32 Å². The molecular formula is C19H22ClN3O2S2. The summed E-state index contributed by atoms with van der Waals surface area (Å²) < 4.78 is 0.548. The van der Waals surface area contributed by atoms with Crippen LogP contribution < -0.4 is 0 Å². The van der Waals surface area contributed by atoms with Gasteiger partial charge in [-0.15, -0.1) is 0 Å². The van der Waals surface area contributed by atoms with E-state index in [4.69, 9.17) is 23.8 Å².